The fraction of sp³-hybridized carbons (Fsp3) is 0.214. The Labute approximate surface area is 121 Å². The van der Waals surface area contributed by atoms with Crippen LogP contribution in [-0.2, 0) is 27.4 Å². The van der Waals surface area contributed by atoms with E-state index in [1.165, 1.54) is 18.0 Å². The highest BCUT2D eigenvalue weighted by Gasteiger charge is 2.07. The molecule has 1 aromatic heterocycles. The smallest absolute Gasteiger partial charge is 0.337 e. The van der Waals surface area contributed by atoms with Crippen LogP contribution in [0.25, 0.3) is 0 Å². The fourth-order valence-corrected chi connectivity index (χ4v) is 1.66. The van der Waals surface area contributed by atoms with Crippen LogP contribution in [0.2, 0.25) is 0 Å². The first-order valence-corrected chi connectivity index (χ1v) is 6.19. The number of ether oxygens (including phenoxy) is 2. The summed E-state index contributed by atoms with van der Waals surface area (Å²) in [6, 6.07) is 6.63. The highest BCUT2D eigenvalue weighted by Crippen LogP contribution is 2.07. The third-order valence-corrected chi connectivity index (χ3v) is 2.72. The van der Waals surface area contributed by atoms with Gasteiger partial charge in [-0.3, -0.25) is 9.48 Å². The minimum absolute atomic E-state index is 0.00254. The average molecular weight is 289 g/mol. The topological polar surface area (TPSA) is 96.4 Å². The highest BCUT2D eigenvalue weighted by molar-refractivity contribution is 5.89. The maximum absolute atomic E-state index is 11.6. The number of hydrogen-bond donors (Lipinski definition) is 1. The molecule has 0 saturated heterocycles. The molecule has 7 nitrogen and oxygen atoms in total. The van der Waals surface area contributed by atoms with Gasteiger partial charge in [-0.15, -0.1) is 0 Å². The number of aromatic nitrogens is 2. The van der Waals surface area contributed by atoms with E-state index in [0.29, 0.717) is 11.3 Å². The predicted octanol–water partition coefficient (Wildman–Crippen LogP) is 0.995. The number of carbonyl (C=O) groups is 2. The van der Waals surface area contributed by atoms with Crippen molar-refractivity contribution in [3.63, 3.8) is 0 Å². The summed E-state index contributed by atoms with van der Waals surface area (Å²) in [6.07, 6.45) is 3.01. The minimum Gasteiger partial charge on any atom is -0.465 e. The lowest BCUT2D eigenvalue weighted by molar-refractivity contribution is -0.145. The van der Waals surface area contributed by atoms with Crippen molar-refractivity contribution in [2.75, 3.05) is 12.8 Å². The van der Waals surface area contributed by atoms with E-state index in [1.807, 2.05) is 0 Å². The molecule has 0 aliphatic heterocycles. The Bertz CT molecular complexity index is 634. The lowest BCUT2D eigenvalue weighted by Gasteiger charge is -2.06. The third-order valence-electron chi connectivity index (χ3n) is 2.72. The molecular formula is C14H15N3O4. The zero-order valence-corrected chi connectivity index (χ0v) is 11.5. The first-order valence-electron chi connectivity index (χ1n) is 6.19. The lowest BCUT2D eigenvalue weighted by atomic mass is 10.1. The van der Waals surface area contributed by atoms with E-state index in [2.05, 4.69) is 9.84 Å². The van der Waals surface area contributed by atoms with Gasteiger partial charge in [-0.25, -0.2) is 4.79 Å². The molecule has 0 bridgehead atoms. The van der Waals surface area contributed by atoms with Gasteiger partial charge in [-0.1, -0.05) is 12.1 Å². The molecule has 7 heteroatoms. The monoisotopic (exact) mass is 289 g/mol. The van der Waals surface area contributed by atoms with Gasteiger partial charge in [0.25, 0.3) is 0 Å². The lowest BCUT2D eigenvalue weighted by Crippen LogP contribution is -2.13. The van der Waals surface area contributed by atoms with Crippen molar-refractivity contribution >= 4 is 17.6 Å². The summed E-state index contributed by atoms with van der Waals surface area (Å²) in [4.78, 5) is 22.9. The number of esters is 2. The molecule has 0 aliphatic rings. The second kappa shape index (κ2) is 6.56. The predicted molar refractivity (Wildman–Crippen MR) is 74.2 cm³/mol. The van der Waals surface area contributed by atoms with Gasteiger partial charge in [0.15, 0.2) is 0 Å². The molecule has 1 heterocycles. The van der Waals surface area contributed by atoms with Crippen LogP contribution < -0.4 is 5.73 Å². The summed E-state index contributed by atoms with van der Waals surface area (Å²) in [7, 11) is 1.32. The Morgan fingerprint density at radius 3 is 2.57 bits per heavy atom. The SMILES string of the molecule is COC(=O)c1ccc(COC(=O)Cn2cc(N)cn2)cc1. The Kier molecular flexibility index (Phi) is 4.55. The maximum Gasteiger partial charge on any atom is 0.337 e. The number of anilines is 1. The van der Waals surface area contributed by atoms with Crippen molar-refractivity contribution in [1.29, 1.82) is 0 Å². The Hall–Kier alpha value is -2.83. The summed E-state index contributed by atoms with van der Waals surface area (Å²) in [5.41, 5.74) is 7.20. The summed E-state index contributed by atoms with van der Waals surface area (Å²) in [6.45, 7) is 0.120. The van der Waals surface area contributed by atoms with Crippen LogP contribution in [0.4, 0.5) is 5.69 Å². The summed E-state index contributed by atoms with van der Waals surface area (Å²) in [5, 5.41) is 3.89. The van der Waals surface area contributed by atoms with Crippen molar-refractivity contribution in [2.24, 2.45) is 0 Å². The Morgan fingerprint density at radius 2 is 2.00 bits per heavy atom. The molecule has 0 radical (unpaired) electrons. The molecule has 0 spiro atoms. The number of rotatable bonds is 5. The number of nitrogens with zero attached hydrogens (tertiary/aromatic N) is 2. The largest absolute Gasteiger partial charge is 0.465 e. The number of carbonyl (C=O) groups excluding carboxylic acids is 2. The first kappa shape index (κ1) is 14.6. The normalized spacial score (nSPS) is 10.1. The molecule has 0 aliphatic carbocycles. The molecule has 0 fully saturated rings. The van der Waals surface area contributed by atoms with Crippen molar-refractivity contribution in [2.45, 2.75) is 13.2 Å². The zero-order valence-electron chi connectivity index (χ0n) is 11.5. The molecular weight excluding hydrogens is 274 g/mol. The number of nitrogen functional groups attached to an aromatic ring is 1. The van der Waals surface area contributed by atoms with Crippen molar-refractivity contribution < 1.29 is 19.1 Å². The van der Waals surface area contributed by atoms with Crippen LogP contribution in [0.15, 0.2) is 36.7 Å². The summed E-state index contributed by atoms with van der Waals surface area (Å²) < 4.78 is 11.1. The van der Waals surface area contributed by atoms with E-state index >= 15 is 0 Å². The Morgan fingerprint density at radius 1 is 1.29 bits per heavy atom. The van der Waals surface area contributed by atoms with Crippen molar-refractivity contribution in [3.05, 3.63) is 47.8 Å². The minimum atomic E-state index is -0.421. The van der Waals surface area contributed by atoms with Gasteiger partial charge < -0.3 is 15.2 Å². The molecule has 0 saturated carbocycles. The van der Waals surface area contributed by atoms with Crippen LogP contribution in [0.1, 0.15) is 15.9 Å². The second-order valence-corrected chi connectivity index (χ2v) is 4.32. The highest BCUT2D eigenvalue weighted by atomic mass is 16.5. The molecule has 2 N–H and O–H groups in total. The molecule has 0 atom stereocenters. The van der Waals surface area contributed by atoms with Crippen molar-refractivity contribution in [3.8, 4) is 0 Å². The first-order chi connectivity index (χ1) is 10.1. The van der Waals surface area contributed by atoms with E-state index in [9.17, 15) is 9.59 Å². The summed E-state index contributed by atoms with van der Waals surface area (Å²) in [5.74, 6) is -0.829. The number of benzene rings is 1. The van der Waals surface area contributed by atoms with Crippen LogP contribution in [0.5, 0.6) is 0 Å². The molecule has 2 rings (SSSR count). The second-order valence-electron chi connectivity index (χ2n) is 4.32. The van der Waals surface area contributed by atoms with Gasteiger partial charge in [0.1, 0.15) is 13.2 Å². The van der Waals surface area contributed by atoms with Gasteiger partial charge in [0.05, 0.1) is 24.6 Å². The van der Waals surface area contributed by atoms with Gasteiger partial charge in [-0.05, 0) is 17.7 Å². The van der Waals surface area contributed by atoms with Crippen molar-refractivity contribution in [1.82, 2.24) is 9.78 Å². The fourth-order valence-electron chi connectivity index (χ4n) is 1.66. The molecule has 0 amide bonds. The van der Waals surface area contributed by atoms with Crippen LogP contribution >= 0.6 is 0 Å². The summed E-state index contributed by atoms with van der Waals surface area (Å²) >= 11 is 0. The molecule has 110 valence electrons. The van der Waals surface area contributed by atoms with E-state index in [-0.39, 0.29) is 13.2 Å². The van der Waals surface area contributed by atoms with Crippen LogP contribution in [-0.4, -0.2) is 28.8 Å². The number of nitrogens with two attached hydrogens (primary N) is 1. The van der Waals surface area contributed by atoms with Gasteiger partial charge >= 0.3 is 11.9 Å². The van der Waals surface area contributed by atoms with E-state index in [0.717, 1.165) is 5.56 Å². The van der Waals surface area contributed by atoms with Gasteiger partial charge in [0.2, 0.25) is 0 Å². The number of hydrogen-bond acceptors (Lipinski definition) is 6. The van der Waals surface area contributed by atoms with Gasteiger partial charge in [0, 0.05) is 6.20 Å². The molecule has 2 aromatic rings. The van der Waals surface area contributed by atoms with E-state index < -0.39 is 11.9 Å². The van der Waals surface area contributed by atoms with Crippen LogP contribution in [0, 0.1) is 0 Å². The van der Waals surface area contributed by atoms with E-state index in [1.54, 1.807) is 30.5 Å². The quantitative estimate of drug-likeness (QED) is 0.825. The van der Waals surface area contributed by atoms with E-state index in [4.69, 9.17) is 10.5 Å². The maximum atomic E-state index is 11.6. The molecule has 1 aromatic carbocycles. The third kappa shape index (κ3) is 4.07. The molecule has 21 heavy (non-hydrogen) atoms. The molecule has 0 unspecified atom stereocenters. The standard InChI is InChI=1S/C14H15N3O4/c1-20-14(19)11-4-2-10(3-5-11)9-21-13(18)8-17-7-12(15)6-16-17/h2-7H,8-9,15H2,1H3. The average Bonchev–Trinajstić information content (AvgIpc) is 2.90. The number of methoxy groups -OCH3 is 1. The van der Waals surface area contributed by atoms with Crippen LogP contribution in [0.3, 0.4) is 0 Å². The van der Waals surface area contributed by atoms with Gasteiger partial charge in [-0.2, -0.15) is 5.10 Å². The Balaban J connectivity index is 1.85. The zero-order chi connectivity index (χ0) is 15.2.